The minimum absolute atomic E-state index is 0.222. The van der Waals surface area contributed by atoms with Crippen LogP contribution in [0.5, 0.6) is 0 Å². The van der Waals surface area contributed by atoms with E-state index < -0.39 is 34.7 Å². The molecule has 0 unspecified atom stereocenters. The number of Topliss-reactive ketones (excluding diaryl/α,β-unsaturated/α-hetero) is 1. The monoisotopic (exact) mass is 306 g/mol. The highest BCUT2D eigenvalue weighted by molar-refractivity contribution is 6.43. The number of ketones is 1. The number of hydrogen-bond acceptors (Lipinski definition) is 1. The van der Waals surface area contributed by atoms with Crippen LogP contribution in [0.1, 0.15) is 17.3 Å². The Morgan fingerprint density at radius 2 is 1.59 bits per heavy atom. The molecule has 0 amide bonds. The van der Waals surface area contributed by atoms with Crippen molar-refractivity contribution >= 4 is 40.6 Å². The summed E-state index contributed by atoms with van der Waals surface area (Å²) >= 11 is 15.2. The third-order valence-electron chi connectivity index (χ3n) is 1.41. The number of benzene rings is 1. The van der Waals surface area contributed by atoms with Crippen molar-refractivity contribution in [3.05, 3.63) is 35.1 Å². The molecule has 0 aliphatic carbocycles. The molecule has 96 valence electrons. The Balaban J connectivity index is 0.000000557. The Bertz CT molecular complexity index is 371. The predicted octanol–water partition coefficient (Wildman–Crippen LogP) is 4.34. The topological polar surface area (TPSA) is 17.1 Å². The first-order valence-corrected chi connectivity index (χ1v) is 5.72. The van der Waals surface area contributed by atoms with Gasteiger partial charge in [-0.25, -0.2) is 13.2 Å². The van der Waals surface area contributed by atoms with E-state index in [2.05, 4.69) is 0 Å². The number of rotatable bonds is 2. The van der Waals surface area contributed by atoms with Crippen molar-refractivity contribution in [2.75, 3.05) is 5.88 Å². The van der Waals surface area contributed by atoms with Gasteiger partial charge in [0.25, 0.3) is 0 Å². The minimum atomic E-state index is -1.23. The average molecular weight is 308 g/mol. The molecular weight excluding hydrogens is 299 g/mol. The van der Waals surface area contributed by atoms with E-state index in [9.17, 15) is 18.0 Å². The normalized spacial score (nSPS) is 9.88. The molecule has 1 rings (SSSR count). The zero-order chi connectivity index (χ0) is 13.6. The van der Waals surface area contributed by atoms with E-state index in [0.717, 1.165) is 0 Å². The van der Waals surface area contributed by atoms with Gasteiger partial charge in [-0.15, -0.1) is 34.8 Å². The molecular formula is C10H8Cl3F3O. The van der Waals surface area contributed by atoms with Crippen molar-refractivity contribution in [3.8, 4) is 0 Å². The molecule has 0 N–H and O–H groups in total. The van der Waals surface area contributed by atoms with Gasteiger partial charge in [-0.2, -0.15) is 0 Å². The van der Waals surface area contributed by atoms with Crippen LogP contribution >= 0.6 is 34.8 Å². The van der Waals surface area contributed by atoms with E-state index in [0.29, 0.717) is 12.1 Å². The van der Waals surface area contributed by atoms with Crippen LogP contribution in [0.15, 0.2) is 12.1 Å². The first-order chi connectivity index (χ1) is 7.79. The van der Waals surface area contributed by atoms with E-state index in [1.165, 1.54) is 0 Å². The van der Waals surface area contributed by atoms with Crippen LogP contribution in [0.25, 0.3) is 0 Å². The molecule has 0 radical (unpaired) electrons. The molecule has 0 saturated carbocycles. The fraction of sp³-hybridized carbons (Fsp3) is 0.300. The molecule has 0 fully saturated rings. The van der Waals surface area contributed by atoms with Gasteiger partial charge in [-0.05, 0) is 6.92 Å². The number of alkyl halides is 3. The summed E-state index contributed by atoms with van der Waals surface area (Å²) in [6, 6.07) is 0.867. The quantitative estimate of drug-likeness (QED) is 0.587. The van der Waals surface area contributed by atoms with Gasteiger partial charge in [-0.3, -0.25) is 4.79 Å². The first-order valence-electron chi connectivity index (χ1n) is 4.31. The summed E-state index contributed by atoms with van der Waals surface area (Å²) in [5.74, 6) is -4.98. The molecule has 0 aliphatic heterocycles. The summed E-state index contributed by atoms with van der Waals surface area (Å²) in [6.07, 6.45) is 0. The molecule has 0 atom stereocenters. The lowest BCUT2D eigenvalue weighted by Crippen LogP contribution is -2.07. The molecule has 0 heterocycles. The number of hydrogen-bond donors (Lipinski definition) is 0. The van der Waals surface area contributed by atoms with E-state index in [1.54, 1.807) is 6.92 Å². The van der Waals surface area contributed by atoms with E-state index in [-0.39, 0.29) is 4.84 Å². The summed E-state index contributed by atoms with van der Waals surface area (Å²) in [4.78, 5) is 10.6. The second-order valence-corrected chi connectivity index (χ2v) is 4.62. The lowest BCUT2D eigenvalue weighted by molar-refractivity contribution is 0.101. The molecule has 1 nitrogen and oxygen atoms in total. The maximum Gasteiger partial charge on any atom is 0.183 e. The lowest BCUT2D eigenvalue weighted by Gasteiger charge is -2.01. The van der Waals surface area contributed by atoms with Crippen LogP contribution in [0, 0.1) is 17.5 Å². The second-order valence-electron chi connectivity index (χ2n) is 2.82. The van der Waals surface area contributed by atoms with Crippen molar-refractivity contribution in [3.63, 3.8) is 0 Å². The third kappa shape index (κ3) is 6.15. The summed E-state index contributed by atoms with van der Waals surface area (Å²) < 4.78 is 37.9. The Labute approximate surface area is 111 Å². The van der Waals surface area contributed by atoms with E-state index >= 15 is 0 Å². The highest BCUT2D eigenvalue weighted by Gasteiger charge is 2.17. The molecule has 0 spiro atoms. The van der Waals surface area contributed by atoms with Crippen LogP contribution in [0.4, 0.5) is 13.2 Å². The van der Waals surface area contributed by atoms with Gasteiger partial charge >= 0.3 is 0 Å². The van der Waals surface area contributed by atoms with Gasteiger partial charge in [0.15, 0.2) is 5.78 Å². The van der Waals surface area contributed by atoms with Crippen molar-refractivity contribution in [1.29, 1.82) is 0 Å². The van der Waals surface area contributed by atoms with Crippen LogP contribution in [0.2, 0.25) is 0 Å². The first kappa shape index (κ1) is 16.6. The van der Waals surface area contributed by atoms with Gasteiger partial charge < -0.3 is 0 Å². The van der Waals surface area contributed by atoms with Gasteiger partial charge in [0.2, 0.25) is 0 Å². The number of carbonyl (C=O) groups excluding carboxylic acids is 1. The smallest absolute Gasteiger partial charge is 0.183 e. The summed E-state index contributed by atoms with van der Waals surface area (Å²) in [5.41, 5.74) is -0.795. The summed E-state index contributed by atoms with van der Waals surface area (Å²) in [5, 5.41) is 0. The number of halogens is 6. The zero-order valence-electron chi connectivity index (χ0n) is 8.62. The Hall–Kier alpha value is -0.450. The molecule has 0 saturated heterocycles. The van der Waals surface area contributed by atoms with Gasteiger partial charge in [0, 0.05) is 12.1 Å². The fourth-order valence-electron chi connectivity index (χ4n) is 0.875. The summed E-state index contributed by atoms with van der Waals surface area (Å²) in [6.45, 7) is 1.70. The molecule has 1 aromatic rings. The summed E-state index contributed by atoms with van der Waals surface area (Å²) in [7, 11) is 0. The standard InChI is InChI=1S/C8H4ClF3O.C2H4Cl2/c9-3-7(13)8-5(11)1-4(10)2-6(8)12;1-2(3)4/h1-2H,3H2;2H,1H3. The molecule has 1 aromatic carbocycles. The SMILES string of the molecule is CC(Cl)Cl.O=C(CCl)c1c(F)cc(F)cc1F. The Kier molecular flexibility index (Phi) is 7.59. The largest absolute Gasteiger partial charge is 0.293 e. The van der Waals surface area contributed by atoms with Crippen molar-refractivity contribution in [1.82, 2.24) is 0 Å². The van der Waals surface area contributed by atoms with E-state index in [4.69, 9.17) is 34.8 Å². The lowest BCUT2D eigenvalue weighted by atomic mass is 10.1. The zero-order valence-corrected chi connectivity index (χ0v) is 10.9. The van der Waals surface area contributed by atoms with Crippen molar-refractivity contribution in [2.45, 2.75) is 11.8 Å². The average Bonchev–Trinajstić information content (AvgIpc) is 2.14. The molecule has 0 aliphatic rings. The number of carbonyl (C=O) groups is 1. The van der Waals surface area contributed by atoms with Crippen LogP contribution in [-0.4, -0.2) is 16.5 Å². The molecule has 17 heavy (non-hydrogen) atoms. The van der Waals surface area contributed by atoms with Crippen molar-refractivity contribution < 1.29 is 18.0 Å². The highest BCUT2D eigenvalue weighted by Crippen LogP contribution is 2.15. The van der Waals surface area contributed by atoms with Crippen molar-refractivity contribution in [2.24, 2.45) is 0 Å². The molecule has 7 heteroatoms. The third-order valence-corrected chi connectivity index (χ3v) is 1.65. The van der Waals surface area contributed by atoms with Gasteiger partial charge in [0.05, 0.1) is 11.4 Å². The fourth-order valence-corrected chi connectivity index (χ4v) is 1.01. The second kappa shape index (κ2) is 7.80. The molecule has 0 bridgehead atoms. The van der Waals surface area contributed by atoms with Crippen LogP contribution < -0.4 is 0 Å². The maximum atomic E-state index is 12.8. The highest BCUT2D eigenvalue weighted by atomic mass is 35.5. The van der Waals surface area contributed by atoms with Crippen LogP contribution in [-0.2, 0) is 0 Å². The van der Waals surface area contributed by atoms with E-state index in [1.807, 2.05) is 0 Å². The van der Waals surface area contributed by atoms with Gasteiger partial charge in [0.1, 0.15) is 22.3 Å². The maximum absolute atomic E-state index is 12.8. The Morgan fingerprint density at radius 1 is 1.24 bits per heavy atom. The minimum Gasteiger partial charge on any atom is -0.293 e. The van der Waals surface area contributed by atoms with Crippen LogP contribution in [0.3, 0.4) is 0 Å². The molecule has 0 aromatic heterocycles. The Morgan fingerprint density at radius 3 is 1.88 bits per heavy atom. The predicted molar refractivity (Wildman–Crippen MR) is 62.5 cm³/mol. The van der Waals surface area contributed by atoms with Gasteiger partial charge in [-0.1, -0.05) is 0 Å².